The van der Waals surface area contributed by atoms with Crippen molar-refractivity contribution in [1.29, 1.82) is 0 Å². The second-order valence-corrected chi connectivity index (χ2v) is 13.7. The lowest BCUT2D eigenvalue weighted by Crippen LogP contribution is -2.06. The molecule has 0 saturated heterocycles. The normalized spacial score (nSPS) is 14.0. The van der Waals surface area contributed by atoms with Gasteiger partial charge in [0, 0.05) is 38.2 Å². The van der Waals surface area contributed by atoms with Crippen molar-refractivity contribution in [1.82, 2.24) is 14.8 Å². The summed E-state index contributed by atoms with van der Waals surface area (Å²) in [5, 5.41) is 22.4. The van der Waals surface area contributed by atoms with Crippen LogP contribution in [0.25, 0.3) is 26.8 Å². The van der Waals surface area contributed by atoms with Crippen LogP contribution in [0.4, 0.5) is 4.39 Å². The Hall–Kier alpha value is -3.22. The van der Waals surface area contributed by atoms with Gasteiger partial charge in [0.2, 0.25) is 5.13 Å². The maximum Gasteiger partial charge on any atom is 0.355 e. The van der Waals surface area contributed by atoms with E-state index in [0.717, 1.165) is 51.4 Å². The average Bonchev–Trinajstić information content (AvgIpc) is 3.28. The molecule has 3 N–H and O–H groups in total. The summed E-state index contributed by atoms with van der Waals surface area (Å²) in [6.45, 7) is 1.98. The van der Waals surface area contributed by atoms with E-state index in [1.165, 1.54) is 34.1 Å². The molecular weight excluding hydrogens is 603 g/mol. The van der Waals surface area contributed by atoms with Crippen LogP contribution in [-0.2, 0) is 28.0 Å². The molecule has 6 rings (SSSR count). The lowest BCUT2D eigenvalue weighted by Gasteiger charge is -2.10. The molecule has 1 unspecified atom stereocenters. The Kier molecular flexibility index (Phi) is 7.64. The number of thiophene rings is 1. The van der Waals surface area contributed by atoms with Gasteiger partial charge < -0.3 is 5.11 Å². The van der Waals surface area contributed by atoms with Crippen LogP contribution in [0.5, 0.6) is 0 Å². The van der Waals surface area contributed by atoms with E-state index < -0.39 is 17.0 Å². The Morgan fingerprint density at radius 1 is 1.22 bits per heavy atom. The third-order valence-corrected chi connectivity index (χ3v) is 10.2. The van der Waals surface area contributed by atoms with Gasteiger partial charge in [0.05, 0.1) is 16.4 Å². The van der Waals surface area contributed by atoms with Gasteiger partial charge in [-0.3, -0.25) is 0 Å². The molecule has 1 fully saturated rings. The zero-order valence-corrected chi connectivity index (χ0v) is 25.1. The van der Waals surface area contributed by atoms with Crippen molar-refractivity contribution in [3.05, 3.63) is 92.1 Å². The summed E-state index contributed by atoms with van der Waals surface area (Å²) in [6, 6.07) is 14.2. The largest absolute Gasteiger partial charge is 0.476 e. The van der Waals surface area contributed by atoms with Gasteiger partial charge in [-0.05, 0) is 80.1 Å². The molecule has 1 saturated carbocycles. The summed E-state index contributed by atoms with van der Waals surface area (Å²) in [6.07, 6.45) is 3.38. The number of thiol groups is 1. The third-order valence-electron chi connectivity index (χ3n) is 7.04. The number of carboxylic acids is 1. The molecule has 3 heterocycles. The Morgan fingerprint density at radius 2 is 2.02 bits per heavy atom. The van der Waals surface area contributed by atoms with Crippen LogP contribution in [0, 0.1) is 18.7 Å². The first-order valence-corrected chi connectivity index (χ1v) is 16.2. The second-order valence-electron chi connectivity index (χ2n) is 10.0. The maximum absolute atomic E-state index is 15.1. The van der Waals surface area contributed by atoms with E-state index in [4.69, 9.17) is 21.8 Å². The van der Waals surface area contributed by atoms with E-state index in [1.807, 2.05) is 31.2 Å². The summed E-state index contributed by atoms with van der Waals surface area (Å²) in [4.78, 5) is 18.2. The fraction of sp³-hybridized carbons (Fsp3) is 0.207. The fourth-order valence-electron chi connectivity index (χ4n) is 4.81. The van der Waals surface area contributed by atoms with Gasteiger partial charge >= 0.3 is 5.97 Å². The fourth-order valence-corrected chi connectivity index (χ4v) is 7.42. The molecule has 12 heteroatoms. The van der Waals surface area contributed by atoms with Crippen molar-refractivity contribution in [3.8, 4) is 26.8 Å². The van der Waals surface area contributed by atoms with Gasteiger partial charge in [-0.2, -0.15) is 5.10 Å². The average molecular weight is 628 g/mol. The van der Waals surface area contributed by atoms with E-state index in [0.29, 0.717) is 38.6 Å². The van der Waals surface area contributed by atoms with E-state index >= 15 is 4.39 Å². The molecule has 0 bridgehead atoms. The van der Waals surface area contributed by atoms with Gasteiger partial charge in [0.1, 0.15) is 5.82 Å². The van der Waals surface area contributed by atoms with Crippen LogP contribution < -0.4 is 5.14 Å². The van der Waals surface area contributed by atoms with Gasteiger partial charge in [-0.15, -0.1) is 27.8 Å². The molecule has 7 nitrogen and oxygen atoms in total. The minimum atomic E-state index is -2.08. The van der Waals surface area contributed by atoms with Crippen molar-refractivity contribution in [2.75, 3.05) is 0 Å². The van der Waals surface area contributed by atoms with Crippen LogP contribution >= 0.6 is 34.3 Å². The Balaban J connectivity index is 1.54. The SMILES string of the molecule is Cc1ccc(-c2cc(-c3nn(-c4nc(C(=O)O)cs4)c(CC4CC4)c3Cc3ccc([SH+](N)=O)c(Cl)c3)ccc2F)s1. The minimum Gasteiger partial charge on any atom is -0.476 e. The summed E-state index contributed by atoms with van der Waals surface area (Å²) in [5.74, 6) is -0.939. The van der Waals surface area contributed by atoms with Crippen molar-refractivity contribution < 1.29 is 18.5 Å². The minimum absolute atomic E-state index is 0.0450. The molecule has 3 aromatic heterocycles. The van der Waals surface area contributed by atoms with E-state index in [1.54, 1.807) is 22.9 Å². The van der Waals surface area contributed by atoms with Crippen LogP contribution in [0.2, 0.25) is 5.02 Å². The first-order chi connectivity index (χ1) is 19.7. The van der Waals surface area contributed by atoms with E-state index in [-0.39, 0.29) is 11.5 Å². The monoisotopic (exact) mass is 627 g/mol. The van der Waals surface area contributed by atoms with Gasteiger partial charge in [-0.25, -0.2) is 18.9 Å². The number of carbonyl (C=O) groups is 1. The molecule has 41 heavy (non-hydrogen) atoms. The number of halogens is 2. The first-order valence-electron chi connectivity index (χ1n) is 12.8. The van der Waals surface area contributed by atoms with Crippen LogP contribution in [0.15, 0.2) is 58.8 Å². The lowest BCUT2D eigenvalue weighted by atomic mass is 9.96. The number of hydrogen-bond donors (Lipinski definition) is 2. The molecule has 1 aliphatic rings. The van der Waals surface area contributed by atoms with Gasteiger partial charge in [-0.1, -0.05) is 21.9 Å². The Bertz CT molecular complexity index is 1830. The number of carboxylic acid groups (broad SMARTS) is 1. The molecule has 0 spiro atoms. The van der Waals surface area contributed by atoms with Crippen molar-refractivity contribution in [2.24, 2.45) is 11.1 Å². The zero-order valence-electron chi connectivity index (χ0n) is 21.8. The lowest BCUT2D eigenvalue weighted by molar-refractivity contribution is 0.0691. The quantitative estimate of drug-likeness (QED) is 0.135. The molecule has 1 aliphatic carbocycles. The highest BCUT2D eigenvalue weighted by Crippen LogP contribution is 2.40. The van der Waals surface area contributed by atoms with Gasteiger partial charge in [0.15, 0.2) is 21.6 Å². The number of thiazole rings is 1. The van der Waals surface area contributed by atoms with Crippen molar-refractivity contribution >= 4 is 51.2 Å². The third kappa shape index (κ3) is 5.77. The Morgan fingerprint density at radius 3 is 2.66 bits per heavy atom. The van der Waals surface area contributed by atoms with Crippen LogP contribution in [-0.4, -0.2) is 25.8 Å². The molecule has 5 aromatic rings. The van der Waals surface area contributed by atoms with Crippen molar-refractivity contribution in [2.45, 2.75) is 37.5 Å². The van der Waals surface area contributed by atoms with Crippen molar-refractivity contribution in [3.63, 3.8) is 0 Å². The second kappa shape index (κ2) is 11.2. The summed E-state index contributed by atoms with van der Waals surface area (Å²) in [7, 11) is -2.08. The number of nitrogens with zero attached hydrogens (tertiary/aromatic N) is 3. The van der Waals surface area contributed by atoms with Gasteiger partial charge in [0.25, 0.3) is 0 Å². The number of nitrogens with two attached hydrogens (primary N) is 1. The zero-order chi connectivity index (χ0) is 28.8. The smallest absolute Gasteiger partial charge is 0.355 e. The molecule has 0 radical (unpaired) electrons. The summed E-state index contributed by atoms with van der Waals surface area (Å²) < 4.78 is 28.7. The molecule has 2 aromatic carbocycles. The summed E-state index contributed by atoms with van der Waals surface area (Å²) in [5.41, 5.74) is 4.56. The molecule has 1 atom stereocenters. The number of rotatable bonds is 9. The highest BCUT2D eigenvalue weighted by Gasteiger charge is 2.30. The maximum atomic E-state index is 15.1. The molecule has 210 valence electrons. The summed E-state index contributed by atoms with van der Waals surface area (Å²) >= 11 is 9.17. The molecule has 0 amide bonds. The predicted octanol–water partition coefficient (Wildman–Crippen LogP) is 7.00. The number of aromatic carboxylic acids is 1. The van der Waals surface area contributed by atoms with E-state index in [2.05, 4.69) is 4.98 Å². The predicted molar refractivity (Wildman–Crippen MR) is 162 cm³/mol. The molecule has 0 aliphatic heterocycles. The first kappa shape index (κ1) is 27.9. The number of aromatic nitrogens is 3. The number of aryl methyl sites for hydroxylation is 1. The topological polar surface area (TPSA) is 111 Å². The Labute approximate surface area is 251 Å². The van der Waals surface area contributed by atoms with Crippen LogP contribution in [0.3, 0.4) is 0 Å². The molecular formula is C29H25ClFN4O3S3+. The number of benzene rings is 2. The highest BCUT2D eigenvalue weighted by molar-refractivity contribution is 7.82. The van der Waals surface area contributed by atoms with E-state index in [9.17, 15) is 14.1 Å². The highest BCUT2D eigenvalue weighted by atomic mass is 35.5. The standard InChI is InChI=1S/C29H24ClFN4O3S3/c1-15-2-8-25(40-15)19-13-18(6-7-22(19)31)27-20(10-17-5-9-26(41(32)38)21(30)11-17)24(12-16-3-4-16)35(34-27)29-33-23(14-39-29)28(36)37/h2,5-9,11,13-14,16H,3-4,10,12H2,1H3,(H2,32,38)(H,36,37)/p+1. The number of hydrogen-bond acceptors (Lipinski definition) is 6. The van der Waals surface area contributed by atoms with Crippen LogP contribution in [0.1, 0.15) is 45.0 Å².